The van der Waals surface area contributed by atoms with Crippen LogP contribution in [0, 0.1) is 13.8 Å². The van der Waals surface area contributed by atoms with Crippen LogP contribution >= 0.6 is 0 Å². The molecule has 0 radical (unpaired) electrons. The first kappa shape index (κ1) is 27.1. The predicted molar refractivity (Wildman–Crippen MR) is 192 cm³/mol. The second kappa shape index (κ2) is 10.7. The van der Waals surface area contributed by atoms with E-state index in [0.29, 0.717) is 0 Å². The molecule has 0 amide bonds. The van der Waals surface area contributed by atoms with Gasteiger partial charge in [-0.2, -0.15) is 0 Å². The quantitative estimate of drug-likeness (QED) is 0.196. The fourth-order valence-electron chi connectivity index (χ4n) is 6.83. The number of ether oxygens (including phenoxy) is 1. The summed E-state index contributed by atoms with van der Waals surface area (Å²) in [6.07, 6.45) is 3.80. The van der Waals surface area contributed by atoms with Crippen molar-refractivity contribution in [3.8, 4) is 34.1 Å². The first-order valence-electron chi connectivity index (χ1n) is 15.8. The summed E-state index contributed by atoms with van der Waals surface area (Å²) >= 11 is 0. The van der Waals surface area contributed by atoms with Gasteiger partial charge in [-0.25, -0.2) is 4.98 Å². The highest BCUT2D eigenvalue weighted by Gasteiger charge is 2.21. The van der Waals surface area contributed by atoms with Crippen LogP contribution in [0.25, 0.3) is 66.4 Å². The second-order valence-electron chi connectivity index (χ2n) is 12.0. The van der Waals surface area contributed by atoms with Crippen LogP contribution in [-0.4, -0.2) is 19.1 Å². The third-order valence-corrected chi connectivity index (χ3v) is 9.15. The van der Waals surface area contributed by atoms with Gasteiger partial charge in [0.1, 0.15) is 17.1 Å². The Bertz CT molecular complexity index is 2630. The Labute approximate surface area is 272 Å². The highest BCUT2D eigenvalue weighted by Crippen LogP contribution is 2.42. The third-order valence-electron chi connectivity index (χ3n) is 9.15. The van der Waals surface area contributed by atoms with Crippen molar-refractivity contribution in [1.29, 1.82) is 0 Å². The lowest BCUT2D eigenvalue weighted by Gasteiger charge is -2.12. The number of hydrogen-bond donors (Lipinski definition) is 0. The molecule has 0 aliphatic carbocycles. The van der Waals surface area contributed by atoms with Crippen LogP contribution in [0.2, 0.25) is 0 Å². The average molecular weight is 607 g/mol. The molecule has 0 N–H and O–H groups in total. The Hall–Kier alpha value is -6.20. The number of aromatic nitrogens is 4. The summed E-state index contributed by atoms with van der Waals surface area (Å²) < 4.78 is 11.1. The van der Waals surface area contributed by atoms with E-state index in [1.807, 2.05) is 48.8 Å². The van der Waals surface area contributed by atoms with Crippen LogP contribution in [0.1, 0.15) is 11.1 Å². The zero-order valence-electron chi connectivity index (χ0n) is 26.1. The predicted octanol–water partition coefficient (Wildman–Crippen LogP) is 10.7. The molecule has 0 atom stereocenters. The van der Waals surface area contributed by atoms with Gasteiger partial charge in [-0.15, -0.1) is 0 Å². The number of fused-ring (bicyclic) bond motifs is 7. The van der Waals surface area contributed by atoms with Gasteiger partial charge in [0.2, 0.25) is 0 Å². The fourth-order valence-corrected chi connectivity index (χ4v) is 6.83. The molecule has 5 nitrogen and oxygen atoms in total. The Morgan fingerprint density at radius 1 is 0.511 bits per heavy atom. The molecule has 0 aliphatic heterocycles. The lowest BCUT2D eigenvalue weighted by atomic mass is 10.1. The van der Waals surface area contributed by atoms with Crippen molar-refractivity contribution < 1.29 is 4.74 Å². The zero-order chi connectivity index (χ0) is 31.5. The minimum Gasteiger partial charge on any atom is -0.457 e. The highest BCUT2D eigenvalue weighted by molar-refractivity contribution is 6.28. The van der Waals surface area contributed by atoms with E-state index in [1.54, 1.807) is 0 Å². The first-order chi connectivity index (χ1) is 23.1. The summed E-state index contributed by atoms with van der Waals surface area (Å²) in [5, 5.41) is 4.75. The van der Waals surface area contributed by atoms with Crippen LogP contribution in [0.4, 0.5) is 0 Å². The van der Waals surface area contributed by atoms with Crippen molar-refractivity contribution in [3.05, 3.63) is 157 Å². The zero-order valence-corrected chi connectivity index (χ0v) is 26.1. The van der Waals surface area contributed by atoms with E-state index in [0.717, 1.165) is 50.7 Å². The van der Waals surface area contributed by atoms with E-state index in [4.69, 9.17) is 9.72 Å². The molecule has 224 valence electrons. The molecule has 4 heterocycles. The number of pyridine rings is 2. The summed E-state index contributed by atoms with van der Waals surface area (Å²) in [6.45, 7) is 4.19. The van der Waals surface area contributed by atoms with Gasteiger partial charge in [0.15, 0.2) is 0 Å². The molecule has 9 aromatic rings. The van der Waals surface area contributed by atoms with Crippen LogP contribution in [-0.2, 0) is 0 Å². The topological polar surface area (TPSA) is 44.9 Å². The summed E-state index contributed by atoms with van der Waals surface area (Å²) in [6, 6.07) is 46.4. The Balaban J connectivity index is 1.21. The van der Waals surface area contributed by atoms with Gasteiger partial charge < -0.3 is 9.30 Å². The molecular formula is C42H30N4O. The van der Waals surface area contributed by atoms with E-state index < -0.39 is 0 Å². The maximum absolute atomic E-state index is 6.47. The largest absolute Gasteiger partial charge is 0.457 e. The van der Waals surface area contributed by atoms with E-state index in [-0.39, 0.29) is 0 Å². The molecule has 0 aliphatic rings. The van der Waals surface area contributed by atoms with Crippen LogP contribution in [0.3, 0.4) is 0 Å². The van der Waals surface area contributed by atoms with Gasteiger partial charge in [-0.1, -0.05) is 54.6 Å². The van der Waals surface area contributed by atoms with Crippen molar-refractivity contribution >= 4 is 43.7 Å². The molecule has 0 saturated heterocycles. The fraction of sp³-hybridized carbons (Fsp3) is 0.0476. The molecule has 0 fully saturated rings. The first-order valence-corrected chi connectivity index (χ1v) is 15.8. The minimum absolute atomic E-state index is 0.750. The van der Waals surface area contributed by atoms with E-state index in [1.165, 1.54) is 38.3 Å². The summed E-state index contributed by atoms with van der Waals surface area (Å²) in [4.78, 5) is 9.58. The van der Waals surface area contributed by atoms with E-state index >= 15 is 0 Å². The van der Waals surface area contributed by atoms with Gasteiger partial charge in [0.05, 0.1) is 27.9 Å². The number of benzene rings is 5. The number of para-hydroxylation sites is 2. The molecule has 0 unspecified atom stereocenters. The lowest BCUT2D eigenvalue weighted by molar-refractivity contribution is 0.482. The highest BCUT2D eigenvalue weighted by atomic mass is 16.5. The summed E-state index contributed by atoms with van der Waals surface area (Å²) in [5.41, 5.74) is 10.8. The smallest absolute Gasteiger partial charge is 0.145 e. The molecule has 4 aromatic heterocycles. The summed E-state index contributed by atoms with van der Waals surface area (Å²) in [7, 11) is 0. The van der Waals surface area contributed by atoms with Gasteiger partial charge >= 0.3 is 0 Å². The number of aryl methyl sites for hydroxylation is 2. The molecule has 0 bridgehead atoms. The monoisotopic (exact) mass is 606 g/mol. The molecule has 47 heavy (non-hydrogen) atoms. The molecule has 0 saturated carbocycles. The second-order valence-corrected chi connectivity index (χ2v) is 12.0. The number of hydrogen-bond acceptors (Lipinski definition) is 3. The maximum Gasteiger partial charge on any atom is 0.145 e. The molecule has 0 spiro atoms. The van der Waals surface area contributed by atoms with E-state index in [2.05, 4.69) is 125 Å². The molecule has 9 rings (SSSR count). The van der Waals surface area contributed by atoms with Crippen LogP contribution in [0.5, 0.6) is 11.5 Å². The van der Waals surface area contributed by atoms with Gasteiger partial charge in [0, 0.05) is 51.3 Å². The van der Waals surface area contributed by atoms with Crippen molar-refractivity contribution in [2.45, 2.75) is 13.8 Å². The van der Waals surface area contributed by atoms with Gasteiger partial charge in [-0.3, -0.25) is 9.55 Å². The standard InChI is InChI=1S/C42H30N4O/c1-27-23-36(44-26-28(27)2)29-11-8-15-32(24-29)47-33-16-9-14-31(25-33)46-39-21-20-38-40(41(39)35-18-10-22-43-42(35)46)34-17-6-7-19-37(34)45(38)30-12-4-3-5-13-30/h3-26H,1-2H3. The maximum atomic E-state index is 6.47. The average Bonchev–Trinajstić information content (AvgIpc) is 3.63. The van der Waals surface area contributed by atoms with Crippen molar-refractivity contribution in [3.63, 3.8) is 0 Å². The lowest BCUT2D eigenvalue weighted by Crippen LogP contribution is -1.96. The van der Waals surface area contributed by atoms with Gasteiger partial charge in [0.25, 0.3) is 0 Å². The number of rotatable bonds is 5. The van der Waals surface area contributed by atoms with Crippen molar-refractivity contribution in [2.75, 3.05) is 0 Å². The number of nitrogens with zero attached hydrogens (tertiary/aromatic N) is 4. The van der Waals surface area contributed by atoms with Crippen LogP contribution < -0.4 is 4.74 Å². The normalized spacial score (nSPS) is 11.6. The van der Waals surface area contributed by atoms with Crippen molar-refractivity contribution in [2.24, 2.45) is 0 Å². The Morgan fingerprint density at radius 3 is 2.06 bits per heavy atom. The third kappa shape index (κ3) is 4.39. The SMILES string of the molecule is Cc1cnc(-c2cccc(Oc3cccc(-n4c5ccc6c(c7ccccc7n6-c6ccccc6)c5c5cccnc54)c3)c2)cc1C. The van der Waals surface area contributed by atoms with Gasteiger partial charge in [-0.05, 0) is 97.8 Å². The molecule has 5 aromatic carbocycles. The van der Waals surface area contributed by atoms with E-state index in [9.17, 15) is 0 Å². The Morgan fingerprint density at radius 2 is 1.21 bits per heavy atom. The molecular weight excluding hydrogens is 576 g/mol. The minimum atomic E-state index is 0.750. The van der Waals surface area contributed by atoms with Crippen molar-refractivity contribution in [1.82, 2.24) is 19.1 Å². The molecule has 5 heteroatoms. The summed E-state index contributed by atoms with van der Waals surface area (Å²) in [5.74, 6) is 1.51. The van der Waals surface area contributed by atoms with Crippen LogP contribution in [0.15, 0.2) is 146 Å². The Kier molecular flexibility index (Phi) is 6.18.